The molecule has 2 rings (SSSR count). The van der Waals surface area contributed by atoms with E-state index < -0.39 is 30.9 Å². The van der Waals surface area contributed by atoms with E-state index in [-0.39, 0.29) is 17.5 Å². The van der Waals surface area contributed by atoms with Crippen LogP contribution in [-0.4, -0.2) is 38.5 Å². The fourth-order valence-corrected chi connectivity index (χ4v) is 2.32. The van der Waals surface area contributed by atoms with E-state index in [1.165, 1.54) is 6.20 Å². The number of aromatic nitrogens is 2. The van der Waals surface area contributed by atoms with Crippen LogP contribution in [0.4, 0.5) is 13.6 Å². The van der Waals surface area contributed by atoms with Gasteiger partial charge in [0.15, 0.2) is 0 Å². The van der Waals surface area contributed by atoms with Gasteiger partial charge in [-0.05, 0) is 24.1 Å². The van der Waals surface area contributed by atoms with Crippen LogP contribution >= 0.6 is 11.6 Å². The lowest BCUT2D eigenvalue weighted by molar-refractivity contribution is -0.0731. The van der Waals surface area contributed by atoms with Gasteiger partial charge in [-0.15, -0.1) is 0 Å². The summed E-state index contributed by atoms with van der Waals surface area (Å²) in [6.07, 6.45) is -0.909. The molecule has 0 aromatic carbocycles. The molecular formula is C11H12ClF2N3O2. The fourth-order valence-electron chi connectivity index (χ4n) is 2.18. The van der Waals surface area contributed by atoms with Crippen molar-refractivity contribution in [3.8, 4) is 0 Å². The first-order chi connectivity index (χ1) is 8.80. The Balaban J connectivity index is 2.41. The highest BCUT2D eigenvalue weighted by Gasteiger charge is 2.43. The molecule has 8 heteroatoms. The van der Waals surface area contributed by atoms with E-state index in [9.17, 15) is 13.6 Å². The molecule has 104 valence electrons. The molecule has 1 aliphatic rings. The molecule has 0 bridgehead atoms. The highest BCUT2D eigenvalue weighted by molar-refractivity contribution is 6.28. The monoisotopic (exact) mass is 291 g/mol. The molecular weight excluding hydrogens is 280 g/mol. The lowest BCUT2D eigenvalue weighted by Crippen LogP contribution is -2.45. The van der Waals surface area contributed by atoms with Crippen molar-refractivity contribution in [2.45, 2.75) is 31.7 Å². The number of nitrogens with zero attached hydrogens (tertiary/aromatic N) is 3. The van der Waals surface area contributed by atoms with Crippen molar-refractivity contribution >= 4 is 17.7 Å². The Kier molecular flexibility index (Phi) is 3.58. The summed E-state index contributed by atoms with van der Waals surface area (Å²) in [6.45, 7) is 1.41. The molecule has 1 aromatic heterocycles. The van der Waals surface area contributed by atoms with Crippen molar-refractivity contribution in [1.29, 1.82) is 0 Å². The Morgan fingerprint density at radius 2 is 2.32 bits per heavy atom. The molecule has 1 aromatic rings. The second-order valence-corrected chi connectivity index (χ2v) is 4.85. The maximum Gasteiger partial charge on any atom is 0.407 e. The van der Waals surface area contributed by atoms with Crippen molar-refractivity contribution in [3.05, 3.63) is 22.7 Å². The molecule has 0 spiro atoms. The SMILES string of the molecule is Cc1cnc(Cl)nc1[C@@H]1CC(F)(F)CCN1C(=O)O. The highest BCUT2D eigenvalue weighted by Crippen LogP contribution is 2.40. The summed E-state index contributed by atoms with van der Waals surface area (Å²) in [5, 5.41) is 9.02. The van der Waals surface area contributed by atoms with Crippen LogP contribution in [0.15, 0.2) is 6.20 Å². The lowest BCUT2D eigenvalue weighted by Gasteiger charge is -2.37. The van der Waals surface area contributed by atoms with Crippen molar-refractivity contribution in [2.24, 2.45) is 0 Å². The third-order valence-electron chi connectivity index (χ3n) is 3.13. The van der Waals surface area contributed by atoms with Gasteiger partial charge < -0.3 is 5.11 Å². The molecule has 2 heterocycles. The molecule has 1 amide bonds. The average Bonchev–Trinajstić information content (AvgIpc) is 2.30. The van der Waals surface area contributed by atoms with E-state index in [2.05, 4.69) is 9.97 Å². The predicted octanol–water partition coefficient (Wildman–Crippen LogP) is 2.89. The average molecular weight is 292 g/mol. The van der Waals surface area contributed by atoms with Gasteiger partial charge in [0.05, 0.1) is 11.7 Å². The van der Waals surface area contributed by atoms with E-state index in [4.69, 9.17) is 16.7 Å². The van der Waals surface area contributed by atoms with Crippen molar-refractivity contribution < 1.29 is 18.7 Å². The predicted molar refractivity (Wildman–Crippen MR) is 63.4 cm³/mol. The quantitative estimate of drug-likeness (QED) is 0.808. The highest BCUT2D eigenvalue weighted by atomic mass is 35.5. The summed E-state index contributed by atoms with van der Waals surface area (Å²) in [4.78, 5) is 19.8. The smallest absolute Gasteiger partial charge is 0.407 e. The number of piperidine rings is 1. The Hall–Kier alpha value is -1.50. The van der Waals surface area contributed by atoms with E-state index in [0.29, 0.717) is 5.56 Å². The number of aryl methyl sites for hydroxylation is 1. The third kappa shape index (κ3) is 2.91. The van der Waals surface area contributed by atoms with Gasteiger partial charge >= 0.3 is 6.09 Å². The van der Waals surface area contributed by atoms with Gasteiger partial charge in [-0.1, -0.05) is 0 Å². The van der Waals surface area contributed by atoms with Crippen molar-refractivity contribution in [1.82, 2.24) is 14.9 Å². The first-order valence-electron chi connectivity index (χ1n) is 5.66. The van der Waals surface area contributed by atoms with Gasteiger partial charge in [-0.2, -0.15) is 0 Å². The topological polar surface area (TPSA) is 66.3 Å². The zero-order valence-corrected chi connectivity index (χ0v) is 10.9. The van der Waals surface area contributed by atoms with E-state index >= 15 is 0 Å². The molecule has 1 fully saturated rings. The van der Waals surface area contributed by atoms with Gasteiger partial charge in [0.1, 0.15) is 0 Å². The largest absolute Gasteiger partial charge is 0.465 e. The number of carboxylic acid groups (broad SMARTS) is 1. The van der Waals surface area contributed by atoms with E-state index in [1.807, 2.05) is 0 Å². The molecule has 19 heavy (non-hydrogen) atoms. The van der Waals surface area contributed by atoms with Crippen LogP contribution < -0.4 is 0 Å². The summed E-state index contributed by atoms with van der Waals surface area (Å²) in [6, 6.07) is -0.998. The molecule has 0 unspecified atom stereocenters. The van der Waals surface area contributed by atoms with Gasteiger partial charge in [0.2, 0.25) is 5.28 Å². The van der Waals surface area contributed by atoms with E-state index in [1.54, 1.807) is 6.92 Å². The molecule has 5 nitrogen and oxygen atoms in total. The molecule has 0 radical (unpaired) electrons. The number of hydrogen-bond acceptors (Lipinski definition) is 3. The molecule has 0 saturated carbocycles. The molecule has 1 atom stereocenters. The first kappa shape index (κ1) is 13.9. The van der Waals surface area contributed by atoms with Crippen LogP contribution in [0.5, 0.6) is 0 Å². The summed E-state index contributed by atoms with van der Waals surface area (Å²) in [7, 11) is 0. The van der Waals surface area contributed by atoms with Crippen LogP contribution in [0, 0.1) is 6.92 Å². The molecule has 1 saturated heterocycles. The van der Waals surface area contributed by atoms with Gasteiger partial charge in [-0.3, -0.25) is 4.90 Å². The minimum Gasteiger partial charge on any atom is -0.465 e. The van der Waals surface area contributed by atoms with Gasteiger partial charge in [0, 0.05) is 25.6 Å². The van der Waals surface area contributed by atoms with E-state index in [0.717, 1.165) is 4.90 Å². The van der Waals surface area contributed by atoms with Crippen LogP contribution in [0.25, 0.3) is 0 Å². The number of halogens is 3. The molecule has 0 aliphatic carbocycles. The number of amides is 1. The standard InChI is InChI=1S/C11H12ClF2N3O2/c1-6-5-15-9(12)16-8(6)7-4-11(13,14)2-3-17(7)10(18)19/h5,7H,2-4H2,1H3,(H,18,19)/t7-/m0/s1. The fraction of sp³-hybridized carbons (Fsp3) is 0.545. The number of likely N-dealkylation sites (tertiary alicyclic amines) is 1. The zero-order chi connectivity index (χ0) is 14.2. The summed E-state index contributed by atoms with van der Waals surface area (Å²) >= 11 is 5.66. The van der Waals surface area contributed by atoms with Crippen molar-refractivity contribution in [2.75, 3.05) is 6.54 Å². The minimum atomic E-state index is -2.90. The Labute approximate surface area is 113 Å². The minimum absolute atomic E-state index is 0.0835. The second-order valence-electron chi connectivity index (χ2n) is 4.51. The second kappa shape index (κ2) is 4.88. The molecule has 1 N–H and O–H groups in total. The van der Waals surface area contributed by atoms with Crippen LogP contribution in [0.2, 0.25) is 5.28 Å². The number of rotatable bonds is 1. The number of hydrogen-bond donors (Lipinski definition) is 1. The summed E-state index contributed by atoms with van der Waals surface area (Å²) in [5.74, 6) is -2.90. The summed E-state index contributed by atoms with van der Waals surface area (Å²) < 4.78 is 27.0. The zero-order valence-electron chi connectivity index (χ0n) is 10.1. The van der Waals surface area contributed by atoms with Crippen LogP contribution in [-0.2, 0) is 0 Å². The number of carbonyl (C=O) groups is 1. The Morgan fingerprint density at radius 3 is 2.95 bits per heavy atom. The number of alkyl halides is 2. The lowest BCUT2D eigenvalue weighted by atomic mass is 9.94. The third-order valence-corrected chi connectivity index (χ3v) is 3.31. The first-order valence-corrected chi connectivity index (χ1v) is 6.04. The van der Waals surface area contributed by atoms with Gasteiger partial charge in [0.25, 0.3) is 5.92 Å². The molecule has 1 aliphatic heterocycles. The van der Waals surface area contributed by atoms with Crippen LogP contribution in [0.3, 0.4) is 0 Å². The normalized spacial score (nSPS) is 22.3. The maximum atomic E-state index is 13.5. The van der Waals surface area contributed by atoms with Crippen molar-refractivity contribution in [3.63, 3.8) is 0 Å². The Bertz CT molecular complexity index is 513. The maximum absolute atomic E-state index is 13.5. The van der Waals surface area contributed by atoms with Gasteiger partial charge in [-0.25, -0.2) is 23.5 Å². The Morgan fingerprint density at radius 1 is 1.63 bits per heavy atom. The summed E-state index contributed by atoms with van der Waals surface area (Å²) in [5.41, 5.74) is 0.778. The van der Waals surface area contributed by atoms with Crippen LogP contribution in [0.1, 0.15) is 30.1 Å².